The first-order valence-electron chi connectivity index (χ1n) is 23.2. The SMILES string of the molecule is CCCC/C=C\C/C=C\CCCCCCCC(=O)OC[C@H](COP(=O)(O)OCC[N+](C)(C)C)OC(=O)CCCCCCCCC/C=C\CCCCCCCCCC. The van der Waals surface area contributed by atoms with E-state index in [1.54, 1.807) is 0 Å². The van der Waals surface area contributed by atoms with E-state index in [1.165, 1.54) is 96.3 Å². The van der Waals surface area contributed by atoms with E-state index in [0.717, 1.165) is 70.6 Å². The van der Waals surface area contributed by atoms with Crippen LogP contribution in [0, 0.1) is 0 Å². The number of hydrogen-bond acceptors (Lipinski definition) is 7. The normalized spacial score (nSPS) is 13.9. The van der Waals surface area contributed by atoms with Crippen molar-refractivity contribution in [3.05, 3.63) is 36.5 Å². The molecule has 57 heavy (non-hydrogen) atoms. The lowest BCUT2D eigenvalue weighted by molar-refractivity contribution is -0.870. The van der Waals surface area contributed by atoms with Crippen molar-refractivity contribution < 1.29 is 42.1 Å². The van der Waals surface area contributed by atoms with Crippen molar-refractivity contribution in [2.24, 2.45) is 0 Å². The van der Waals surface area contributed by atoms with Gasteiger partial charge in [0.1, 0.15) is 19.8 Å². The third kappa shape index (κ3) is 43.6. The third-order valence-electron chi connectivity index (χ3n) is 9.89. The second-order valence-electron chi connectivity index (χ2n) is 16.8. The average molecular weight is 827 g/mol. The molecular formula is C47H89NO8P+. The number of phosphoric ester groups is 1. The standard InChI is InChI=1S/C47H88NO8P/c1-6-8-10-12-14-16-18-20-22-23-24-25-26-28-30-32-34-36-38-40-47(50)56-45(44-55-57(51,52)54-42-41-48(3,4)5)43-53-46(49)39-37-35-33-31-29-27-21-19-17-15-13-11-9-7-2/h13,15,19,21,23-24,45H,6-12,14,16-18,20,22,25-44H2,1-5H3/p+1/b15-13-,21-19-,24-23-/t45-/m1/s1. The number of rotatable bonds is 42. The summed E-state index contributed by atoms with van der Waals surface area (Å²) in [7, 11) is 1.47. The molecule has 0 bridgehead atoms. The summed E-state index contributed by atoms with van der Waals surface area (Å²) in [6.45, 7) is 4.37. The number of carbonyl (C=O) groups excluding carboxylic acids is 2. The molecule has 0 aromatic rings. The first-order chi connectivity index (χ1) is 27.5. The molecule has 0 saturated heterocycles. The van der Waals surface area contributed by atoms with Crippen LogP contribution in [0.1, 0.15) is 200 Å². The summed E-state index contributed by atoms with van der Waals surface area (Å²) in [5.41, 5.74) is 0. The zero-order valence-corrected chi connectivity index (χ0v) is 38.5. The smallest absolute Gasteiger partial charge is 0.462 e. The van der Waals surface area contributed by atoms with Crippen molar-refractivity contribution in [3.8, 4) is 0 Å². The second kappa shape index (κ2) is 39.7. The summed E-state index contributed by atoms with van der Waals surface area (Å²) in [6.07, 6.45) is 44.7. The van der Waals surface area contributed by atoms with Crippen molar-refractivity contribution in [1.82, 2.24) is 0 Å². The molecule has 0 aromatic carbocycles. The number of carbonyl (C=O) groups is 2. The molecule has 0 aliphatic heterocycles. The van der Waals surface area contributed by atoms with Crippen molar-refractivity contribution in [1.29, 1.82) is 0 Å². The van der Waals surface area contributed by atoms with Crippen molar-refractivity contribution >= 4 is 19.8 Å². The highest BCUT2D eigenvalue weighted by Gasteiger charge is 2.27. The maximum atomic E-state index is 12.7. The second-order valence-corrected chi connectivity index (χ2v) is 18.2. The Morgan fingerprint density at radius 2 is 0.965 bits per heavy atom. The molecule has 0 rings (SSSR count). The highest BCUT2D eigenvalue weighted by Crippen LogP contribution is 2.43. The zero-order valence-electron chi connectivity index (χ0n) is 37.6. The molecule has 2 atom stereocenters. The number of likely N-dealkylation sites (N-methyl/N-ethyl adjacent to an activating group) is 1. The van der Waals surface area contributed by atoms with Gasteiger partial charge in [0, 0.05) is 12.8 Å². The molecule has 10 heteroatoms. The van der Waals surface area contributed by atoms with Gasteiger partial charge in [0.15, 0.2) is 6.10 Å². The molecule has 1 unspecified atom stereocenters. The van der Waals surface area contributed by atoms with Crippen LogP contribution in [-0.2, 0) is 32.7 Å². The van der Waals surface area contributed by atoms with Crippen LogP contribution in [0.4, 0.5) is 0 Å². The van der Waals surface area contributed by atoms with E-state index >= 15 is 0 Å². The van der Waals surface area contributed by atoms with Crippen molar-refractivity contribution in [2.75, 3.05) is 47.5 Å². The Bertz CT molecular complexity index is 1070. The molecule has 0 saturated carbocycles. The number of quaternary nitrogens is 1. The fourth-order valence-electron chi connectivity index (χ4n) is 6.20. The monoisotopic (exact) mass is 827 g/mol. The first-order valence-corrected chi connectivity index (χ1v) is 24.7. The fraction of sp³-hybridized carbons (Fsp3) is 0.830. The summed E-state index contributed by atoms with van der Waals surface area (Å²) in [4.78, 5) is 35.4. The predicted molar refractivity (Wildman–Crippen MR) is 238 cm³/mol. The van der Waals surface area contributed by atoms with E-state index in [4.69, 9.17) is 18.5 Å². The van der Waals surface area contributed by atoms with Gasteiger partial charge in [-0.15, -0.1) is 0 Å². The molecule has 0 aliphatic carbocycles. The molecule has 9 nitrogen and oxygen atoms in total. The lowest BCUT2D eigenvalue weighted by Gasteiger charge is -2.24. The van der Waals surface area contributed by atoms with Crippen LogP contribution in [0.2, 0.25) is 0 Å². The largest absolute Gasteiger partial charge is 0.472 e. The van der Waals surface area contributed by atoms with Crippen LogP contribution in [0.3, 0.4) is 0 Å². The number of allylic oxidation sites excluding steroid dienone is 6. The van der Waals surface area contributed by atoms with Crippen LogP contribution in [0.15, 0.2) is 36.5 Å². The van der Waals surface area contributed by atoms with Gasteiger partial charge in [-0.05, 0) is 64.2 Å². The Labute approximate surface area is 351 Å². The van der Waals surface area contributed by atoms with E-state index in [1.807, 2.05) is 21.1 Å². The quantitative estimate of drug-likeness (QED) is 0.0213. The van der Waals surface area contributed by atoms with Crippen molar-refractivity contribution in [2.45, 2.75) is 206 Å². The first kappa shape index (κ1) is 55.2. The van der Waals surface area contributed by atoms with Gasteiger partial charge in [0.25, 0.3) is 0 Å². The molecule has 0 heterocycles. The number of ether oxygens (including phenoxy) is 2. The summed E-state index contributed by atoms with van der Waals surface area (Å²) in [5, 5.41) is 0. The van der Waals surface area contributed by atoms with Gasteiger partial charge in [0.05, 0.1) is 27.7 Å². The molecule has 0 aromatic heterocycles. The number of phosphoric acid groups is 1. The summed E-state index contributed by atoms with van der Waals surface area (Å²) < 4.78 is 34.3. The van der Waals surface area contributed by atoms with Gasteiger partial charge in [-0.3, -0.25) is 18.6 Å². The van der Waals surface area contributed by atoms with E-state index in [-0.39, 0.29) is 32.0 Å². The van der Waals surface area contributed by atoms with Crippen LogP contribution < -0.4 is 0 Å². The van der Waals surface area contributed by atoms with E-state index in [2.05, 4.69) is 50.3 Å². The number of unbranched alkanes of at least 4 members (excludes halogenated alkanes) is 22. The maximum Gasteiger partial charge on any atom is 0.472 e. The number of esters is 2. The summed E-state index contributed by atoms with van der Waals surface area (Å²) >= 11 is 0. The minimum absolute atomic E-state index is 0.0284. The maximum absolute atomic E-state index is 12.7. The molecule has 0 fully saturated rings. The topological polar surface area (TPSA) is 108 Å². The molecule has 0 aliphatic rings. The Hall–Kier alpha value is -1.77. The van der Waals surface area contributed by atoms with Crippen LogP contribution in [0.25, 0.3) is 0 Å². The van der Waals surface area contributed by atoms with E-state index < -0.39 is 26.5 Å². The Balaban J connectivity index is 4.33. The average Bonchev–Trinajstić information content (AvgIpc) is 3.16. The Morgan fingerprint density at radius 1 is 0.544 bits per heavy atom. The van der Waals surface area contributed by atoms with Gasteiger partial charge in [-0.1, -0.05) is 159 Å². The highest BCUT2D eigenvalue weighted by molar-refractivity contribution is 7.47. The summed E-state index contributed by atoms with van der Waals surface area (Å²) in [5.74, 6) is -0.817. The molecule has 0 spiro atoms. The number of hydrogen-bond donors (Lipinski definition) is 1. The highest BCUT2D eigenvalue weighted by atomic mass is 31.2. The van der Waals surface area contributed by atoms with Gasteiger partial charge >= 0.3 is 19.8 Å². The minimum Gasteiger partial charge on any atom is -0.462 e. The fourth-order valence-corrected chi connectivity index (χ4v) is 6.94. The Morgan fingerprint density at radius 3 is 1.46 bits per heavy atom. The van der Waals surface area contributed by atoms with Crippen LogP contribution in [-0.4, -0.2) is 74.9 Å². The minimum atomic E-state index is -4.38. The van der Waals surface area contributed by atoms with Gasteiger partial charge in [0.2, 0.25) is 0 Å². The lowest BCUT2D eigenvalue weighted by atomic mass is 10.1. The van der Waals surface area contributed by atoms with Crippen molar-refractivity contribution in [3.63, 3.8) is 0 Å². The lowest BCUT2D eigenvalue weighted by Crippen LogP contribution is -2.37. The Kier molecular flexibility index (Phi) is 38.4. The number of nitrogens with zero attached hydrogens (tertiary/aromatic N) is 1. The van der Waals surface area contributed by atoms with Crippen LogP contribution >= 0.6 is 7.82 Å². The predicted octanol–water partition coefficient (Wildman–Crippen LogP) is 13.3. The zero-order chi connectivity index (χ0) is 42.1. The third-order valence-corrected chi connectivity index (χ3v) is 10.9. The van der Waals surface area contributed by atoms with E-state index in [9.17, 15) is 19.0 Å². The van der Waals surface area contributed by atoms with Gasteiger partial charge < -0.3 is 18.9 Å². The van der Waals surface area contributed by atoms with E-state index in [0.29, 0.717) is 17.4 Å². The van der Waals surface area contributed by atoms with Gasteiger partial charge in [-0.25, -0.2) is 4.57 Å². The van der Waals surface area contributed by atoms with Gasteiger partial charge in [-0.2, -0.15) is 0 Å². The molecule has 334 valence electrons. The molecule has 0 amide bonds. The summed E-state index contributed by atoms with van der Waals surface area (Å²) in [6, 6.07) is 0. The van der Waals surface area contributed by atoms with Crippen LogP contribution in [0.5, 0.6) is 0 Å². The molecule has 0 radical (unpaired) electrons. The molecular weight excluding hydrogens is 737 g/mol. The molecule has 1 N–H and O–H groups in total.